The molecule has 2 aromatic rings. The largest absolute Gasteiger partial charge is 0.491 e. The first-order valence-corrected chi connectivity index (χ1v) is 8.11. The van der Waals surface area contributed by atoms with Crippen LogP contribution in [0, 0.1) is 6.92 Å². The summed E-state index contributed by atoms with van der Waals surface area (Å²) in [6.45, 7) is 4.87. The van der Waals surface area contributed by atoms with Gasteiger partial charge in [0.1, 0.15) is 18.1 Å². The number of aryl methyl sites for hydroxylation is 1. The highest BCUT2D eigenvalue weighted by atomic mass is 35.5. The number of benzene rings is 1. The Morgan fingerprint density at radius 1 is 1.48 bits per heavy atom. The van der Waals surface area contributed by atoms with Crippen molar-refractivity contribution in [2.75, 3.05) is 13.2 Å². The Bertz CT molecular complexity index is 633. The molecule has 2 rings (SSSR count). The zero-order chi connectivity index (χ0) is 15.9. The first kappa shape index (κ1) is 19.4. The predicted octanol–water partition coefficient (Wildman–Crippen LogP) is 2.57. The summed E-state index contributed by atoms with van der Waals surface area (Å²) >= 11 is 1.46. The molecule has 126 valence electrons. The van der Waals surface area contributed by atoms with Crippen LogP contribution in [-0.4, -0.2) is 30.1 Å². The van der Waals surface area contributed by atoms with Gasteiger partial charge in [0.2, 0.25) is 0 Å². The van der Waals surface area contributed by atoms with Crippen molar-refractivity contribution >= 4 is 29.7 Å². The lowest BCUT2D eigenvalue weighted by Crippen LogP contribution is -2.37. The number of hydrogen-bond acceptors (Lipinski definition) is 5. The van der Waals surface area contributed by atoms with E-state index in [2.05, 4.69) is 10.3 Å². The highest BCUT2D eigenvalue weighted by molar-refractivity contribution is 7.09. The Morgan fingerprint density at radius 3 is 2.96 bits per heavy atom. The van der Waals surface area contributed by atoms with Crippen LogP contribution in [0.5, 0.6) is 5.75 Å². The topological polar surface area (TPSA) is 77.2 Å². The van der Waals surface area contributed by atoms with Gasteiger partial charge in [-0.1, -0.05) is 12.1 Å². The first-order chi connectivity index (χ1) is 10.6. The Balaban J connectivity index is 0.00000264. The Morgan fingerprint density at radius 2 is 2.26 bits per heavy atom. The average molecular weight is 356 g/mol. The highest BCUT2D eigenvalue weighted by Crippen LogP contribution is 2.13. The second-order valence-electron chi connectivity index (χ2n) is 5.17. The number of hydrogen-bond donors (Lipinski definition) is 2. The monoisotopic (exact) mass is 355 g/mol. The third kappa shape index (κ3) is 6.17. The van der Waals surface area contributed by atoms with Gasteiger partial charge in [-0.3, -0.25) is 4.79 Å². The molecule has 7 heteroatoms. The van der Waals surface area contributed by atoms with Crippen LogP contribution in [0.4, 0.5) is 0 Å². The molecule has 0 aliphatic carbocycles. The summed E-state index contributed by atoms with van der Waals surface area (Å²) in [4.78, 5) is 16.4. The number of nitrogens with zero attached hydrogens (tertiary/aromatic N) is 1. The number of nitrogens with one attached hydrogen (secondary N) is 1. The van der Waals surface area contributed by atoms with E-state index in [0.29, 0.717) is 25.3 Å². The summed E-state index contributed by atoms with van der Waals surface area (Å²) in [7, 11) is 0. The minimum absolute atomic E-state index is 0. The molecule has 23 heavy (non-hydrogen) atoms. The van der Waals surface area contributed by atoms with Crippen LogP contribution in [-0.2, 0) is 6.42 Å². The van der Waals surface area contributed by atoms with E-state index in [4.69, 9.17) is 10.5 Å². The van der Waals surface area contributed by atoms with Crippen LogP contribution in [0.15, 0.2) is 29.6 Å². The van der Waals surface area contributed by atoms with Gasteiger partial charge in [-0.15, -0.1) is 23.7 Å². The van der Waals surface area contributed by atoms with Crippen molar-refractivity contribution in [2.45, 2.75) is 26.3 Å². The third-order valence-corrected chi connectivity index (χ3v) is 3.92. The van der Waals surface area contributed by atoms with Gasteiger partial charge in [-0.05, 0) is 38.1 Å². The van der Waals surface area contributed by atoms with Crippen molar-refractivity contribution in [2.24, 2.45) is 5.73 Å². The second-order valence-corrected chi connectivity index (χ2v) is 6.11. The van der Waals surface area contributed by atoms with Crippen molar-refractivity contribution in [3.63, 3.8) is 0 Å². The van der Waals surface area contributed by atoms with Gasteiger partial charge >= 0.3 is 0 Å². The van der Waals surface area contributed by atoms with E-state index in [1.807, 2.05) is 38.1 Å². The number of ether oxygens (including phenoxy) is 1. The summed E-state index contributed by atoms with van der Waals surface area (Å²) < 4.78 is 5.68. The van der Waals surface area contributed by atoms with E-state index >= 15 is 0 Å². The Labute approximate surface area is 146 Å². The summed E-state index contributed by atoms with van der Waals surface area (Å²) in [6, 6.07) is 7.73. The van der Waals surface area contributed by atoms with Gasteiger partial charge in [0.25, 0.3) is 5.91 Å². The maximum atomic E-state index is 12.1. The van der Waals surface area contributed by atoms with E-state index in [9.17, 15) is 4.79 Å². The van der Waals surface area contributed by atoms with Crippen LogP contribution < -0.4 is 15.8 Å². The van der Waals surface area contributed by atoms with Crippen molar-refractivity contribution < 1.29 is 9.53 Å². The number of halogens is 1. The van der Waals surface area contributed by atoms with Gasteiger partial charge < -0.3 is 15.8 Å². The second kappa shape index (κ2) is 9.50. The van der Waals surface area contributed by atoms with Crippen molar-refractivity contribution in [1.82, 2.24) is 10.3 Å². The molecule has 0 bridgehead atoms. The molecule has 0 saturated carbocycles. The molecule has 0 fully saturated rings. The first-order valence-electron chi connectivity index (χ1n) is 7.23. The Kier molecular flexibility index (Phi) is 8.02. The quantitative estimate of drug-likeness (QED) is 0.800. The standard InChI is InChI=1S/C16H21N3O2S.ClH/c1-11-4-3-5-13(8-11)21-9-12(2)18-16(20)14-10-22-15(19-14)6-7-17;/h3-5,8,10,12H,6-7,9,17H2,1-2H3,(H,18,20);1H. The van der Waals surface area contributed by atoms with Gasteiger partial charge in [0.05, 0.1) is 11.0 Å². The van der Waals surface area contributed by atoms with Gasteiger partial charge in [-0.25, -0.2) is 4.98 Å². The highest BCUT2D eigenvalue weighted by Gasteiger charge is 2.13. The number of amides is 1. The van der Waals surface area contributed by atoms with Gasteiger partial charge in [0.15, 0.2) is 0 Å². The number of aromatic nitrogens is 1. The van der Waals surface area contributed by atoms with E-state index < -0.39 is 0 Å². The molecule has 1 atom stereocenters. The summed E-state index contributed by atoms with van der Waals surface area (Å²) in [5.41, 5.74) is 7.06. The lowest BCUT2D eigenvalue weighted by Gasteiger charge is -2.14. The van der Waals surface area contributed by atoms with E-state index in [1.54, 1.807) is 5.38 Å². The average Bonchev–Trinajstić information content (AvgIpc) is 2.94. The summed E-state index contributed by atoms with van der Waals surface area (Å²) in [6.07, 6.45) is 0.698. The maximum Gasteiger partial charge on any atom is 0.271 e. The molecular formula is C16H22ClN3O2S. The summed E-state index contributed by atoms with van der Waals surface area (Å²) in [5, 5.41) is 5.53. The molecule has 0 radical (unpaired) electrons. The normalized spacial score (nSPS) is 11.4. The zero-order valence-electron chi connectivity index (χ0n) is 13.2. The number of carbonyl (C=O) groups excluding carboxylic acids is 1. The third-order valence-electron chi connectivity index (χ3n) is 3.01. The van der Waals surface area contributed by atoms with E-state index in [0.717, 1.165) is 16.3 Å². The number of nitrogens with two attached hydrogens (primary N) is 1. The molecule has 1 aromatic heterocycles. The fourth-order valence-corrected chi connectivity index (χ4v) is 2.71. The van der Waals surface area contributed by atoms with Gasteiger partial charge in [0, 0.05) is 11.8 Å². The molecule has 0 aliphatic heterocycles. The molecule has 1 heterocycles. The molecular weight excluding hydrogens is 334 g/mol. The minimum atomic E-state index is -0.181. The molecule has 1 unspecified atom stereocenters. The van der Waals surface area contributed by atoms with E-state index in [-0.39, 0.29) is 24.4 Å². The maximum absolute atomic E-state index is 12.1. The number of carbonyl (C=O) groups is 1. The van der Waals surface area contributed by atoms with E-state index in [1.165, 1.54) is 11.3 Å². The fourth-order valence-electron chi connectivity index (χ4n) is 1.92. The lowest BCUT2D eigenvalue weighted by molar-refractivity contribution is 0.0922. The Hall–Kier alpha value is -1.63. The molecule has 0 aliphatic rings. The SMILES string of the molecule is Cc1cccc(OCC(C)NC(=O)c2csc(CCN)n2)c1.Cl. The minimum Gasteiger partial charge on any atom is -0.491 e. The molecule has 0 saturated heterocycles. The molecule has 3 N–H and O–H groups in total. The van der Waals surface area contributed by atoms with Crippen molar-refractivity contribution in [3.05, 3.63) is 45.9 Å². The van der Waals surface area contributed by atoms with Crippen LogP contribution in [0.2, 0.25) is 0 Å². The fraction of sp³-hybridized carbons (Fsp3) is 0.375. The molecule has 1 amide bonds. The van der Waals surface area contributed by atoms with Crippen molar-refractivity contribution in [1.29, 1.82) is 0 Å². The van der Waals surface area contributed by atoms with Crippen LogP contribution >= 0.6 is 23.7 Å². The van der Waals surface area contributed by atoms with Gasteiger partial charge in [-0.2, -0.15) is 0 Å². The number of rotatable bonds is 7. The van der Waals surface area contributed by atoms with Crippen LogP contribution in [0.1, 0.15) is 28.0 Å². The molecule has 1 aromatic carbocycles. The smallest absolute Gasteiger partial charge is 0.271 e. The zero-order valence-corrected chi connectivity index (χ0v) is 14.9. The lowest BCUT2D eigenvalue weighted by atomic mass is 10.2. The van der Waals surface area contributed by atoms with Crippen LogP contribution in [0.25, 0.3) is 0 Å². The molecule has 5 nitrogen and oxygen atoms in total. The summed E-state index contributed by atoms with van der Waals surface area (Å²) in [5.74, 6) is 0.625. The molecule has 0 spiro atoms. The van der Waals surface area contributed by atoms with Crippen LogP contribution in [0.3, 0.4) is 0 Å². The van der Waals surface area contributed by atoms with Crippen molar-refractivity contribution in [3.8, 4) is 5.75 Å². The number of thiazole rings is 1. The predicted molar refractivity (Wildman–Crippen MR) is 95.7 cm³/mol.